The zero-order chi connectivity index (χ0) is 28.1. The van der Waals surface area contributed by atoms with E-state index in [9.17, 15) is 4.79 Å². The number of nitrogens with one attached hydrogen (secondary N) is 2. The number of hydrogen-bond acceptors (Lipinski definition) is 9. The minimum atomic E-state index is -1.82. The molecule has 0 saturated carbocycles. The zero-order valence-corrected chi connectivity index (χ0v) is 20.1. The molecule has 0 bridgehead atoms. The summed E-state index contributed by atoms with van der Waals surface area (Å²) >= 11 is 0. The summed E-state index contributed by atoms with van der Waals surface area (Å²) in [6.07, 6.45) is 1.61. The van der Waals surface area contributed by atoms with Crippen LogP contribution in [0.3, 0.4) is 0 Å². The summed E-state index contributed by atoms with van der Waals surface area (Å²) in [5, 5.41) is 32.5. The third-order valence-electron chi connectivity index (χ3n) is 5.05. The van der Waals surface area contributed by atoms with Crippen LogP contribution in [0.5, 0.6) is 0 Å². The Bertz CT molecular complexity index is 1150. The van der Waals surface area contributed by atoms with Crippen molar-refractivity contribution in [2.75, 3.05) is 32.7 Å². The number of amides is 1. The molecule has 4 rings (SSSR count). The average Bonchev–Trinajstić information content (AvgIpc) is 3.54. The first-order valence-corrected chi connectivity index (χ1v) is 11.1. The van der Waals surface area contributed by atoms with Gasteiger partial charge in [-0.25, -0.2) is 24.2 Å². The molecule has 1 aromatic carbocycles. The lowest BCUT2D eigenvalue weighted by atomic mass is 10.3. The predicted molar refractivity (Wildman–Crippen MR) is 129 cm³/mol. The van der Waals surface area contributed by atoms with Crippen LogP contribution in [0.2, 0.25) is 0 Å². The maximum absolute atomic E-state index is 12.1. The van der Waals surface area contributed by atoms with E-state index in [1.54, 1.807) is 6.26 Å². The number of carboxylic acids is 4. The van der Waals surface area contributed by atoms with Gasteiger partial charge in [-0.3, -0.25) is 14.6 Å². The normalized spacial score (nSPS) is 13.4. The summed E-state index contributed by atoms with van der Waals surface area (Å²) in [6.45, 7) is 5.32. The number of aliphatic carboxylic acids is 4. The minimum absolute atomic E-state index is 0.0344. The van der Waals surface area contributed by atoms with Gasteiger partial charge in [-0.15, -0.1) is 0 Å². The Morgan fingerprint density at radius 1 is 0.842 bits per heavy atom. The van der Waals surface area contributed by atoms with Crippen LogP contribution in [0.15, 0.2) is 47.1 Å². The highest BCUT2D eigenvalue weighted by molar-refractivity contribution is 6.27. The summed E-state index contributed by atoms with van der Waals surface area (Å²) in [7, 11) is 0. The second-order valence-corrected chi connectivity index (χ2v) is 7.83. The fraction of sp³-hybridized carbons (Fsp3) is 0.304. The van der Waals surface area contributed by atoms with Gasteiger partial charge in [-0.1, -0.05) is 12.1 Å². The molecule has 15 heteroatoms. The van der Waals surface area contributed by atoms with Crippen LogP contribution in [-0.4, -0.2) is 103 Å². The molecule has 0 aliphatic carbocycles. The van der Waals surface area contributed by atoms with Gasteiger partial charge in [0.05, 0.1) is 36.9 Å². The Hall–Kier alpha value is -4.76. The van der Waals surface area contributed by atoms with Gasteiger partial charge < -0.3 is 35.1 Å². The second kappa shape index (κ2) is 14.7. The summed E-state index contributed by atoms with van der Waals surface area (Å²) in [6, 6.07) is 11.8. The Morgan fingerprint density at radius 3 is 1.95 bits per heavy atom. The number of rotatable bonds is 6. The van der Waals surface area contributed by atoms with Crippen molar-refractivity contribution >= 4 is 40.8 Å². The molecule has 1 saturated heterocycles. The summed E-state index contributed by atoms with van der Waals surface area (Å²) in [4.78, 5) is 61.0. The number of benzene rings is 1. The van der Waals surface area contributed by atoms with Crippen molar-refractivity contribution in [3.05, 3.63) is 54.2 Å². The molecule has 38 heavy (non-hydrogen) atoms. The Kier molecular flexibility index (Phi) is 11.4. The molecule has 204 valence electrons. The number of aromatic nitrogens is 2. The predicted octanol–water partition coefficient (Wildman–Crippen LogP) is -0.0989. The minimum Gasteiger partial charge on any atom is -0.473 e. The van der Waals surface area contributed by atoms with Crippen molar-refractivity contribution in [3.8, 4) is 0 Å². The lowest BCUT2D eigenvalue weighted by molar-refractivity contribution is -0.159. The lowest BCUT2D eigenvalue weighted by Gasteiger charge is -2.33. The van der Waals surface area contributed by atoms with Gasteiger partial charge in [0, 0.05) is 26.2 Å². The molecule has 1 fully saturated rings. The molecule has 0 spiro atoms. The van der Waals surface area contributed by atoms with Crippen LogP contribution in [0.4, 0.5) is 0 Å². The van der Waals surface area contributed by atoms with Crippen LogP contribution in [-0.2, 0) is 37.1 Å². The van der Waals surface area contributed by atoms with Crippen LogP contribution < -0.4 is 5.32 Å². The van der Waals surface area contributed by atoms with E-state index in [0.717, 1.165) is 55.3 Å². The zero-order valence-electron chi connectivity index (χ0n) is 20.1. The number of H-pyrrole nitrogens is 1. The third-order valence-corrected chi connectivity index (χ3v) is 5.05. The molecular weight excluding hydrogens is 506 g/mol. The van der Waals surface area contributed by atoms with E-state index >= 15 is 0 Å². The molecule has 6 N–H and O–H groups in total. The Morgan fingerprint density at radius 2 is 1.42 bits per heavy atom. The largest absolute Gasteiger partial charge is 0.473 e. The van der Waals surface area contributed by atoms with Crippen molar-refractivity contribution in [3.63, 3.8) is 0 Å². The van der Waals surface area contributed by atoms with Gasteiger partial charge in [0.1, 0.15) is 11.6 Å². The van der Waals surface area contributed by atoms with Crippen LogP contribution in [0.1, 0.15) is 11.6 Å². The van der Waals surface area contributed by atoms with E-state index < -0.39 is 23.9 Å². The van der Waals surface area contributed by atoms with Crippen LogP contribution in [0, 0.1) is 0 Å². The Balaban J connectivity index is 0.000000355. The van der Waals surface area contributed by atoms with Crippen molar-refractivity contribution in [1.29, 1.82) is 0 Å². The van der Waals surface area contributed by atoms with E-state index in [2.05, 4.69) is 25.1 Å². The van der Waals surface area contributed by atoms with E-state index in [0.29, 0.717) is 13.1 Å². The summed E-state index contributed by atoms with van der Waals surface area (Å²) in [5.74, 6) is -5.49. The van der Waals surface area contributed by atoms with Crippen molar-refractivity contribution in [1.82, 2.24) is 25.1 Å². The molecule has 3 heterocycles. The average molecular weight is 533 g/mol. The van der Waals surface area contributed by atoms with Crippen LogP contribution >= 0.6 is 0 Å². The number of para-hydroxylation sites is 2. The number of fused-ring (bicyclic) bond motifs is 1. The van der Waals surface area contributed by atoms with Gasteiger partial charge in [0.2, 0.25) is 5.91 Å². The fourth-order valence-electron chi connectivity index (χ4n) is 3.26. The smallest absolute Gasteiger partial charge is 0.414 e. The first-order valence-electron chi connectivity index (χ1n) is 11.1. The molecule has 1 amide bonds. The van der Waals surface area contributed by atoms with Gasteiger partial charge in [-0.05, 0) is 24.3 Å². The molecule has 0 atom stereocenters. The second-order valence-electron chi connectivity index (χ2n) is 7.83. The molecule has 15 nitrogen and oxygen atoms in total. The van der Waals surface area contributed by atoms with Gasteiger partial charge in [0.25, 0.3) is 0 Å². The number of piperazine rings is 1. The standard InChI is InChI=1S/C19H23N5O2.2C2H2O4/c25-19(20-12-15-4-3-11-26-15)14-24-9-7-23(8-10-24)13-18-21-16-5-1-2-6-17(16)22-18;2*3-1(4)2(5)6/h1-6,11H,7-10,12-14H2,(H,20,25)(H,21,22);2*(H,3,4)(H,5,6). The maximum Gasteiger partial charge on any atom is 0.414 e. The van der Waals surface area contributed by atoms with E-state index in [-0.39, 0.29) is 5.91 Å². The molecule has 3 aromatic rings. The van der Waals surface area contributed by atoms with Gasteiger partial charge in [-0.2, -0.15) is 0 Å². The number of carbonyl (C=O) groups is 5. The first-order chi connectivity index (χ1) is 18.0. The SMILES string of the molecule is O=C(CN1CCN(Cc2nc3ccccc3[nH]2)CC1)NCc1ccco1.O=C(O)C(=O)O.O=C(O)C(=O)O. The lowest BCUT2D eigenvalue weighted by Crippen LogP contribution is -2.49. The highest BCUT2D eigenvalue weighted by Gasteiger charge is 2.20. The summed E-state index contributed by atoms with van der Waals surface area (Å²) < 4.78 is 5.22. The monoisotopic (exact) mass is 533 g/mol. The van der Waals surface area contributed by atoms with Gasteiger partial charge >= 0.3 is 23.9 Å². The van der Waals surface area contributed by atoms with Crippen molar-refractivity contribution < 1.29 is 48.8 Å². The highest BCUT2D eigenvalue weighted by Crippen LogP contribution is 2.13. The van der Waals surface area contributed by atoms with E-state index in [1.165, 1.54) is 0 Å². The molecule has 0 radical (unpaired) electrons. The Labute approximate surface area is 215 Å². The van der Waals surface area contributed by atoms with Crippen molar-refractivity contribution in [2.45, 2.75) is 13.1 Å². The molecule has 0 unspecified atom stereocenters. The number of furan rings is 1. The molecule has 1 aliphatic heterocycles. The molecular formula is C23H27N5O10. The summed E-state index contributed by atoms with van der Waals surface area (Å²) in [5.41, 5.74) is 2.09. The van der Waals surface area contributed by atoms with Gasteiger partial charge in [0.15, 0.2) is 0 Å². The maximum atomic E-state index is 12.1. The molecule has 2 aromatic heterocycles. The number of carboxylic acid groups (broad SMARTS) is 4. The molecule has 1 aliphatic rings. The first kappa shape index (κ1) is 29.5. The van der Waals surface area contributed by atoms with Crippen LogP contribution in [0.25, 0.3) is 11.0 Å². The topological polar surface area (TPSA) is 227 Å². The third kappa shape index (κ3) is 10.5. The fourth-order valence-corrected chi connectivity index (χ4v) is 3.26. The highest BCUT2D eigenvalue weighted by atomic mass is 16.4. The van der Waals surface area contributed by atoms with E-state index in [4.69, 9.17) is 44.0 Å². The number of carbonyl (C=O) groups excluding carboxylic acids is 1. The number of imidazole rings is 1. The van der Waals surface area contributed by atoms with Crippen molar-refractivity contribution in [2.24, 2.45) is 0 Å². The van der Waals surface area contributed by atoms with E-state index in [1.807, 2.05) is 36.4 Å². The number of hydrogen-bond donors (Lipinski definition) is 6. The quantitative estimate of drug-likeness (QED) is 0.228. The number of aromatic amines is 1. The number of nitrogens with zero attached hydrogens (tertiary/aromatic N) is 3.